The summed E-state index contributed by atoms with van der Waals surface area (Å²) in [5, 5.41) is 5.88. The van der Waals surface area contributed by atoms with E-state index in [0.29, 0.717) is 23.6 Å². The standard InChI is InChI=1S/C11H10BrClN2O2/c12-7-2-1-6(13)5-9(7)15-11(17)8-3-4-10(16)14-8/h1-2,5,8H,3-4H2,(H,14,16)(H,15,17)/t8-/m0/s1. The molecule has 0 saturated carbocycles. The van der Waals surface area contributed by atoms with Gasteiger partial charge in [0.2, 0.25) is 11.8 Å². The highest BCUT2D eigenvalue weighted by Gasteiger charge is 2.27. The summed E-state index contributed by atoms with van der Waals surface area (Å²) in [6.45, 7) is 0. The molecule has 2 amide bonds. The molecule has 4 nitrogen and oxygen atoms in total. The van der Waals surface area contributed by atoms with Gasteiger partial charge in [0, 0.05) is 15.9 Å². The van der Waals surface area contributed by atoms with Gasteiger partial charge >= 0.3 is 0 Å². The largest absolute Gasteiger partial charge is 0.344 e. The Morgan fingerprint density at radius 1 is 1.53 bits per heavy atom. The predicted molar refractivity (Wildman–Crippen MR) is 68.9 cm³/mol. The molecule has 17 heavy (non-hydrogen) atoms. The number of benzene rings is 1. The third-order valence-electron chi connectivity index (χ3n) is 2.50. The molecule has 0 unspecified atom stereocenters. The first-order chi connectivity index (χ1) is 8.06. The summed E-state index contributed by atoms with van der Waals surface area (Å²) in [7, 11) is 0. The second kappa shape index (κ2) is 5.06. The molecule has 2 N–H and O–H groups in total. The first-order valence-corrected chi connectivity index (χ1v) is 6.28. The van der Waals surface area contributed by atoms with Crippen LogP contribution in [0.1, 0.15) is 12.8 Å². The minimum atomic E-state index is -0.451. The van der Waals surface area contributed by atoms with Crippen LogP contribution < -0.4 is 10.6 Å². The van der Waals surface area contributed by atoms with E-state index in [1.807, 2.05) is 0 Å². The van der Waals surface area contributed by atoms with Crippen molar-refractivity contribution >= 4 is 45.0 Å². The summed E-state index contributed by atoms with van der Waals surface area (Å²) < 4.78 is 0.750. The summed E-state index contributed by atoms with van der Waals surface area (Å²) in [5.74, 6) is -0.311. The maximum Gasteiger partial charge on any atom is 0.246 e. The topological polar surface area (TPSA) is 58.2 Å². The predicted octanol–water partition coefficient (Wildman–Crippen LogP) is 2.32. The Balaban J connectivity index is 2.07. The second-order valence-corrected chi connectivity index (χ2v) is 5.06. The third kappa shape index (κ3) is 2.98. The molecule has 6 heteroatoms. The minimum Gasteiger partial charge on any atom is -0.344 e. The molecule has 0 radical (unpaired) electrons. The normalized spacial score (nSPS) is 18.9. The Hall–Kier alpha value is -1.07. The molecule has 1 atom stereocenters. The minimum absolute atomic E-state index is 0.0877. The van der Waals surface area contributed by atoms with Crippen LogP contribution in [0.3, 0.4) is 0 Å². The van der Waals surface area contributed by atoms with Crippen LogP contribution in [0.15, 0.2) is 22.7 Å². The first-order valence-electron chi connectivity index (χ1n) is 5.11. The number of carbonyl (C=O) groups is 2. The molecular formula is C11H10BrClN2O2. The molecule has 1 fully saturated rings. The van der Waals surface area contributed by atoms with Crippen LogP contribution in [0.2, 0.25) is 5.02 Å². The number of nitrogens with one attached hydrogen (secondary N) is 2. The SMILES string of the molecule is O=C1CC[C@@H](C(=O)Nc2cc(Cl)ccc2Br)N1. The summed E-state index contributed by atoms with van der Waals surface area (Å²) in [6.07, 6.45) is 0.928. The zero-order valence-electron chi connectivity index (χ0n) is 8.80. The molecule has 0 spiro atoms. The summed E-state index contributed by atoms with van der Waals surface area (Å²) >= 11 is 9.16. The van der Waals surface area contributed by atoms with Crippen LogP contribution in [-0.2, 0) is 9.59 Å². The smallest absolute Gasteiger partial charge is 0.246 e. The van der Waals surface area contributed by atoms with E-state index in [2.05, 4.69) is 26.6 Å². The molecule has 2 rings (SSSR count). The molecule has 1 aliphatic heterocycles. The maximum absolute atomic E-state index is 11.8. The van der Waals surface area contributed by atoms with Crippen LogP contribution in [0.25, 0.3) is 0 Å². The number of anilines is 1. The molecule has 1 aromatic carbocycles. The van der Waals surface area contributed by atoms with Gasteiger partial charge in [-0.2, -0.15) is 0 Å². The Morgan fingerprint density at radius 2 is 2.29 bits per heavy atom. The van der Waals surface area contributed by atoms with Crippen LogP contribution in [-0.4, -0.2) is 17.9 Å². The van der Waals surface area contributed by atoms with Crippen molar-refractivity contribution in [2.24, 2.45) is 0 Å². The van der Waals surface area contributed by atoms with E-state index in [4.69, 9.17) is 11.6 Å². The van der Waals surface area contributed by atoms with Crippen molar-refractivity contribution in [2.75, 3.05) is 5.32 Å². The van der Waals surface area contributed by atoms with Gasteiger partial charge in [0.1, 0.15) is 6.04 Å². The molecule has 1 aliphatic rings. The number of hydrogen-bond donors (Lipinski definition) is 2. The second-order valence-electron chi connectivity index (χ2n) is 3.77. The van der Waals surface area contributed by atoms with Gasteiger partial charge in [-0.05, 0) is 40.5 Å². The molecule has 1 saturated heterocycles. The van der Waals surface area contributed by atoms with Gasteiger partial charge < -0.3 is 10.6 Å². The Bertz CT molecular complexity index is 479. The van der Waals surface area contributed by atoms with Gasteiger partial charge in [0.25, 0.3) is 0 Å². The summed E-state index contributed by atoms with van der Waals surface area (Å²) in [5.41, 5.74) is 0.601. The Labute approximate surface area is 112 Å². The number of halogens is 2. The zero-order valence-corrected chi connectivity index (χ0v) is 11.1. The Kier molecular flexibility index (Phi) is 3.69. The van der Waals surface area contributed by atoms with E-state index in [0.717, 1.165) is 4.47 Å². The van der Waals surface area contributed by atoms with E-state index in [-0.39, 0.29) is 11.8 Å². The third-order valence-corrected chi connectivity index (χ3v) is 3.42. The van der Waals surface area contributed by atoms with Crippen molar-refractivity contribution in [3.05, 3.63) is 27.7 Å². The van der Waals surface area contributed by atoms with Crippen LogP contribution in [0.4, 0.5) is 5.69 Å². The lowest BCUT2D eigenvalue weighted by atomic mass is 10.2. The van der Waals surface area contributed by atoms with Crippen molar-refractivity contribution in [1.29, 1.82) is 0 Å². The number of rotatable bonds is 2. The maximum atomic E-state index is 11.8. The van der Waals surface area contributed by atoms with Gasteiger partial charge in [-0.1, -0.05) is 11.6 Å². The van der Waals surface area contributed by atoms with E-state index < -0.39 is 6.04 Å². The van der Waals surface area contributed by atoms with Crippen LogP contribution in [0.5, 0.6) is 0 Å². The van der Waals surface area contributed by atoms with E-state index in [9.17, 15) is 9.59 Å². The fourth-order valence-electron chi connectivity index (χ4n) is 1.62. The average molecular weight is 318 g/mol. The van der Waals surface area contributed by atoms with Crippen molar-refractivity contribution in [2.45, 2.75) is 18.9 Å². The lowest BCUT2D eigenvalue weighted by molar-refractivity contribution is -0.122. The number of amides is 2. The fourth-order valence-corrected chi connectivity index (χ4v) is 2.14. The van der Waals surface area contributed by atoms with Crippen molar-refractivity contribution in [1.82, 2.24) is 5.32 Å². The molecule has 90 valence electrons. The monoisotopic (exact) mass is 316 g/mol. The zero-order chi connectivity index (χ0) is 12.4. The molecule has 1 heterocycles. The molecule has 0 aromatic heterocycles. The van der Waals surface area contributed by atoms with Gasteiger partial charge in [-0.3, -0.25) is 9.59 Å². The van der Waals surface area contributed by atoms with E-state index in [1.165, 1.54) is 0 Å². The lowest BCUT2D eigenvalue weighted by Gasteiger charge is -2.12. The summed E-state index contributed by atoms with van der Waals surface area (Å²) in [4.78, 5) is 22.8. The van der Waals surface area contributed by atoms with Crippen LogP contribution in [0, 0.1) is 0 Å². The van der Waals surface area contributed by atoms with Gasteiger partial charge in [0.15, 0.2) is 0 Å². The molecule has 1 aromatic rings. The molecule has 0 bridgehead atoms. The molecule has 0 aliphatic carbocycles. The van der Waals surface area contributed by atoms with E-state index >= 15 is 0 Å². The first kappa shape index (κ1) is 12.4. The van der Waals surface area contributed by atoms with Gasteiger partial charge in [-0.25, -0.2) is 0 Å². The summed E-state index contributed by atoms with van der Waals surface area (Å²) in [6, 6.07) is 4.68. The highest BCUT2D eigenvalue weighted by molar-refractivity contribution is 9.10. The Morgan fingerprint density at radius 3 is 2.94 bits per heavy atom. The van der Waals surface area contributed by atoms with Crippen molar-refractivity contribution in [3.63, 3.8) is 0 Å². The van der Waals surface area contributed by atoms with Crippen molar-refractivity contribution in [3.8, 4) is 0 Å². The average Bonchev–Trinajstić information content (AvgIpc) is 2.70. The lowest BCUT2D eigenvalue weighted by Crippen LogP contribution is -2.37. The highest BCUT2D eigenvalue weighted by atomic mass is 79.9. The van der Waals surface area contributed by atoms with E-state index in [1.54, 1.807) is 18.2 Å². The fraction of sp³-hybridized carbons (Fsp3) is 0.273. The van der Waals surface area contributed by atoms with Gasteiger partial charge in [0.05, 0.1) is 5.69 Å². The quantitative estimate of drug-likeness (QED) is 0.879. The van der Waals surface area contributed by atoms with Gasteiger partial charge in [-0.15, -0.1) is 0 Å². The highest BCUT2D eigenvalue weighted by Crippen LogP contribution is 2.26. The molecular weight excluding hydrogens is 307 g/mol. The van der Waals surface area contributed by atoms with Crippen LogP contribution >= 0.6 is 27.5 Å². The van der Waals surface area contributed by atoms with Crippen molar-refractivity contribution < 1.29 is 9.59 Å². The number of hydrogen-bond acceptors (Lipinski definition) is 2. The number of carbonyl (C=O) groups excluding carboxylic acids is 2.